The summed E-state index contributed by atoms with van der Waals surface area (Å²) in [5.41, 5.74) is 2.00. The molecule has 28 heavy (non-hydrogen) atoms. The molecule has 0 saturated carbocycles. The molecule has 0 unspecified atom stereocenters. The van der Waals surface area contributed by atoms with Crippen LogP contribution in [0.25, 0.3) is 10.8 Å². The monoisotopic (exact) mass is 374 g/mol. The van der Waals surface area contributed by atoms with Crippen LogP contribution >= 0.6 is 0 Å². The lowest BCUT2D eigenvalue weighted by atomic mass is 10.0. The van der Waals surface area contributed by atoms with Gasteiger partial charge >= 0.3 is 5.97 Å². The standard InChI is InChI=1S/C22H18N2O4/c25-20-13-24(19-11-4-3-10-18(19)23-20)21(26)14-28-22(27)12-16-8-5-7-15-6-1-2-9-17(15)16/h1-11H,12-14H2,(H,23,25). The van der Waals surface area contributed by atoms with Crippen molar-refractivity contribution in [3.63, 3.8) is 0 Å². The molecule has 6 nitrogen and oxygen atoms in total. The van der Waals surface area contributed by atoms with E-state index in [1.165, 1.54) is 4.90 Å². The van der Waals surface area contributed by atoms with Crippen LogP contribution in [0.4, 0.5) is 11.4 Å². The minimum Gasteiger partial charge on any atom is -0.455 e. The minimum absolute atomic E-state index is 0.0751. The number of fused-ring (bicyclic) bond motifs is 2. The van der Waals surface area contributed by atoms with E-state index in [1.807, 2.05) is 42.5 Å². The third kappa shape index (κ3) is 3.57. The Hall–Kier alpha value is -3.67. The van der Waals surface area contributed by atoms with Gasteiger partial charge in [0.15, 0.2) is 6.61 Å². The van der Waals surface area contributed by atoms with Gasteiger partial charge in [0.05, 0.1) is 17.8 Å². The first kappa shape index (κ1) is 17.7. The fourth-order valence-electron chi connectivity index (χ4n) is 3.33. The van der Waals surface area contributed by atoms with Crippen LogP contribution in [0, 0.1) is 0 Å². The number of para-hydroxylation sites is 2. The second-order valence-electron chi connectivity index (χ2n) is 6.52. The molecule has 140 valence electrons. The van der Waals surface area contributed by atoms with E-state index in [2.05, 4.69) is 5.32 Å². The number of amides is 2. The Morgan fingerprint density at radius 2 is 1.71 bits per heavy atom. The van der Waals surface area contributed by atoms with Crippen LogP contribution in [0.3, 0.4) is 0 Å². The van der Waals surface area contributed by atoms with Crippen LogP contribution < -0.4 is 10.2 Å². The molecule has 0 aromatic heterocycles. The van der Waals surface area contributed by atoms with Gasteiger partial charge < -0.3 is 10.1 Å². The molecule has 0 radical (unpaired) electrons. The Balaban J connectivity index is 1.42. The van der Waals surface area contributed by atoms with Crippen molar-refractivity contribution in [1.82, 2.24) is 0 Å². The number of esters is 1. The Bertz CT molecular complexity index is 1070. The third-order valence-corrected chi connectivity index (χ3v) is 4.64. The van der Waals surface area contributed by atoms with E-state index in [9.17, 15) is 14.4 Å². The molecule has 0 atom stereocenters. The quantitative estimate of drug-likeness (QED) is 0.713. The first-order valence-electron chi connectivity index (χ1n) is 8.93. The van der Waals surface area contributed by atoms with E-state index in [0.717, 1.165) is 16.3 Å². The fraction of sp³-hybridized carbons (Fsp3) is 0.136. The van der Waals surface area contributed by atoms with E-state index < -0.39 is 18.5 Å². The van der Waals surface area contributed by atoms with Crippen molar-refractivity contribution < 1.29 is 19.1 Å². The van der Waals surface area contributed by atoms with Crippen molar-refractivity contribution in [2.75, 3.05) is 23.4 Å². The third-order valence-electron chi connectivity index (χ3n) is 4.64. The first-order chi connectivity index (χ1) is 13.6. The van der Waals surface area contributed by atoms with Crippen LogP contribution in [0.15, 0.2) is 66.7 Å². The molecule has 3 aromatic rings. The van der Waals surface area contributed by atoms with Gasteiger partial charge in [0.25, 0.3) is 5.91 Å². The van der Waals surface area contributed by atoms with Crippen LogP contribution in [-0.4, -0.2) is 30.9 Å². The van der Waals surface area contributed by atoms with E-state index in [1.54, 1.807) is 24.3 Å². The van der Waals surface area contributed by atoms with Gasteiger partial charge in [0, 0.05) is 0 Å². The largest absolute Gasteiger partial charge is 0.455 e. The topological polar surface area (TPSA) is 75.7 Å². The van der Waals surface area contributed by atoms with Gasteiger partial charge in [0.2, 0.25) is 5.91 Å². The number of anilines is 2. The highest BCUT2D eigenvalue weighted by molar-refractivity contribution is 6.10. The summed E-state index contributed by atoms with van der Waals surface area (Å²) in [6.45, 7) is -0.512. The smallest absolute Gasteiger partial charge is 0.310 e. The van der Waals surface area contributed by atoms with Crippen molar-refractivity contribution >= 4 is 39.9 Å². The number of rotatable bonds is 4. The molecular weight excluding hydrogens is 356 g/mol. The fourth-order valence-corrected chi connectivity index (χ4v) is 3.33. The van der Waals surface area contributed by atoms with Crippen molar-refractivity contribution in [1.29, 1.82) is 0 Å². The maximum absolute atomic E-state index is 12.5. The number of hydrogen-bond acceptors (Lipinski definition) is 4. The van der Waals surface area contributed by atoms with Gasteiger partial charge in [-0.05, 0) is 28.5 Å². The van der Waals surface area contributed by atoms with Crippen molar-refractivity contribution in [2.24, 2.45) is 0 Å². The molecule has 0 fully saturated rings. The predicted molar refractivity (Wildman–Crippen MR) is 106 cm³/mol. The second kappa shape index (κ2) is 7.52. The van der Waals surface area contributed by atoms with Crippen LogP contribution in [-0.2, 0) is 25.5 Å². The Labute approximate surface area is 161 Å². The summed E-state index contributed by atoms with van der Waals surface area (Å²) in [6, 6.07) is 20.5. The number of benzene rings is 3. The average Bonchev–Trinajstić information content (AvgIpc) is 2.71. The number of nitrogens with one attached hydrogen (secondary N) is 1. The summed E-state index contributed by atoms with van der Waals surface area (Å²) in [7, 11) is 0. The highest BCUT2D eigenvalue weighted by Gasteiger charge is 2.27. The molecule has 1 heterocycles. The van der Waals surface area contributed by atoms with Gasteiger partial charge in [-0.25, -0.2) is 0 Å². The number of carbonyl (C=O) groups is 3. The molecule has 2 amide bonds. The summed E-state index contributed by atoms with van der Waals surface area (Å²) in [5.74, 6) is -1.21. The Morgan fingerprint density at radius 3 is 2.61 bits per heavy atom. The molecule has 1 N–H and O–H groups in total. The van der Waals surface area contributed by atoms with E-state index >= 15 is 0 Å². The molecule has 0 bridgehead atoms. The van der Waals surface area contributed by atoms with Crippen molar-refractivity contribution in [2.45, 2.75) is 6.42 Å². The number of hydrogen-bond donors (Lipinski definition) is 1. The van der Waals surface area contributed by atoms with Gasteiger partial charge in [0.1, 0.15) is 6.54 Å². The Morgan fingerprint density at radius 1 is 0.964 bits per heavy atom. The molecule has 3 aromatic carbocycles. The molecule has 1 aliphatic rings. The van der Waals surface area contributed by atoms with Crippen LogP contribution in [0.1, 0.15) is 5.56 Å². The molecular formula is C22H18N2O4. The lowest BCUT2D eigenvalue weighted by Gasteiger charge is -2.28. The van der Waals surface area contributed by atoms with Crippen molar-refractivity contribution in [3.05, 3.63) is 72.3 Å². The molecule has 6 heteroatoms. The SMILES string of the molecule is O=C1CN(C(=O)COC(=O)Cc2cccc3ccccc23)c2ccccc2N1. The van der Waals surface area contributed by atoms with Crippen molar-refractivity contribution in [3.8, 4) is 0 Å². The first-order valence-corrected chi connectivity index (χ1v) is 8.93. The zero-order chi connectivity index (χ0) is 19.5. The molecule has 0 spiro atoms. The van der Waals surface area contributed by atoms with E-state index in [4.69, 9.17) is 4.74 Å². The maximum atomic E-state index is 12.5. The van der Waals surface area contributed by atoms with Gasteiger partial charge in [-0.15, -0.1) is 0 Å². The highest BCUT2D eigenvalue weighted by Crippen LogP contribution is 2.28. The second-order valence-corrected chi connectivity index (χ2v) is 6.52. The predicted octanol–water partition coefficient (Wildman–Crippen LogP) is 2.91. The summed E-state index contributed by atoms with van der Waals surface area (Å²) >= 11 is 0. The van der Waals surface area contributed by atoms with E-state index in [-0.39, 0.29) is 18.9 Å². The summed E-state index contributed by atoms with van der Waals surface area (Å²) in [4.78, 5) is 38.0. The lowest BCUT2D eigenvalue weighted by Crippen LogP contribution is -2.44. The lowest BCUT2D eigenvalue weighted by molar-refractivity contribution is -0.147. The van der Waals surface area contributed by atoms with Crippen LogP contribution in [0.2, 0.25) is 0 Å². The number of ether oxygens (including phenoxy) is 1. The molecule has 1 aliphatic heterocycles. The maximum Gasteiger partial charge on any atom is 0.310 e. The van der Waals surface area contributed by atoms with Crippen LogP contribution in [0.5, 0.6) is 0 Å². The van der Waals surface area contributed by atoms with Gasteiger partial charge in [-0.3, -0.25) is 19.3 Å². The summed E-state index contributed by atoms with van der Waals surface area (Å²) < 4.78 is 5.20. The number of nitrogens with zero attached hydrogens (tertiary/aromatic N) is 1. The highest BCUT2D eigenvalue weighted by atomic mass is 16.5. The van der Waals surface area contributed by atoms with E-state index in [0.29, 0.717) is 11.4 Å². The van der Waals surface area contributed by atoms with Gasteiger partial charge in [-0.1, -0.05) is 54.6 Å². The van der Waals surface area contributed by atoms with Gasteiger partial charge in [-0.2, -0.15) is 0 Å². The Kier molecular flexibility index (Phi) is 4.76. The molecule has 4 rings (SSSR count). The minimum atomic E-state index is -0.487. The average molecular weight is 374 g/mol. The summed E-state index contributed by atoms with van der Waals surface area (Å²) in [5, 5.41) is 4.74. The zero-order valence-corrected chi connectivity index (χ0v) is 15.1. The summed E-state index contributed by atoms with van der Waals surface area (Å²) in [6.07, 6.45) is 0.0751. The molecule has 0 saturated heterocycles. The normalized spacial score (nSPS) is 13.0. The zero-order valence-electron chi connectivity index (χ0n) is 15.1. The number of carbonyl (C=O) groups excluding carboxylic acids is 3. The molecule has 0 aliphatic carbocycles.